The SMILES string of the molecule is CSCCN(C)c1nc(Cl)ccc1[N+](=O)[O-]. The van der Waals surface area contributed by atoms with Crippen LogP contribution in [-0.4, -0.2) is 35.5 Å². The van der Waals surface area contributed by atoms with Gasteiger partial charge in [0.2, 0.25) is 5.82 Å². The minimum atomic E-state index is -0.450. The summed E-state index contributed by atoms with van der Waals surface area (Å²) in [6, 6.07) is 2.80. The molecule has 0 unspecified atom stereocenters. The molecule has 0 fully saturated rings. The molecule has 0 saturated carbocycles. The molecule has 0 aromatic carbocycles. The van der Waals surface area contributed by atoms with Crippen molar-refractivity contribution in [3.05, 3.63) is 27.4 Å². The molecule has 0 spiro atoms. The van der Waals surface area contributed by atoms with Gasteiger partial charge >= 0.3 is 5.69 Å². The fraction of sp³-hybridized carbons (Fsp3) is 0.444. The van der Waals surface area contributed by atoms with Crippen LogP contribution >= 0.6 is 23.4 Å². The van der Waals surface area contributed by atoms with Gasteiger partial charge in [0.05, 0.1) is 4.92 Å². The summed E-state index contributed by atoms with van der Waals surface area (Å²) in [6.07, 6.45) is 1.98. The van der Waals surface area contributed by atoms with Crippen molar-refractivity contribution in [3.8, 4) is 0 Å². The number of hydrogen-bond acceptors (Lipinski definition) is 5. The minimum Gasteiger partial charge on any atom is -0.353 e. The number of thioether (sulfide) groups is 1. The van der Waals surface area contributed by atoms with Crippen LogP contribution in [0.15, 0.2) is 12.1 Å². The summed E-state index contributed by atoms with van der Waals surface area (Å²) < 4.78 is 0. The van der Waals surface area contributed by atoms with Gasteiger partial charge in [-0.3, -0.25) is 10.1 Å². The van der Waals surface area contributed by atoms with Gasteiger partial charge < -0.3 is 4.90 Å². The van der Waals surface area contributed by atoms with Gasteiger partial charge in [0, 0.05) is 25.4 Å². The van der Waals surface area contributed by atoms with E-state index in [0.29, 0.717) is 12.4 Å². The Bertz CT molecular complexity index is 389. The van der Waals surface area contributed by atoms with E-state index >= 15 is 0 Å². The Morgan fingerprint density at radius 2 is 2.31 bits per heavy atom. The lowest BCUT2D eigenvalue weighted by Gasteiger charge is -2.17. The van der Waals surface area contributed by atoms with Gasteiger partial charge in [-0.15, -0.1) is 0 Å². The molecule has 0 amide bonds. The normalized spacial score (nSPS) is 10.2. The Morgan fingerprint density at radius 1 is 1.62 bits per heavy atom. The Labute approximate surface area is 103 Å². The second-order valence-corrected chi connectivity index (χ2v) is 4.52. The van der Waals surface area contributed by atoms with Crippen molar-refractivity contribution in [2.45, 2.75) is 0 Å². The van der Waals surface area contributed by atoms with Crippen LogP contribution in [-0.2, 0) is 0 Å². The smallest absolute Gasteiger partial charge is 0.311 e. The number of hydrogen-bond donors (Lipinski definition) is 0. The number of nitro groups is 1. The second-order valence-electron chi connectivity index (χ2n) is 3.15. The van der Waals surface area contributed by atoms with E-state index in [1.54, 1.807) is 23.7 Å². The molecule has 0 aliphatic carbocycles. The lowest BCUT2D eigenvalue weighted by Crippen LogP contribution is -2.22. The fourth-order valence-corrected chi connectivity index (χ4v) is 1.77. The van der Waals surface area contributed by atoms with E-state index in [0.717, 1.165) is 5.75 Å². The fourth-order valence-electron chi connectivity index (χ4n) is 1.18. The minimum absolute atomic E-state index is 0.0204. The third-order valence-corrected chi connectivity index (χ3v) is 2.81. The predicted molar refractivity (Wildman–Crippen MR) is 67.6 cm³/mol. The van der Waals surface area contributed by atoms with E-state index in [2.05, 4.69) is 4.98 Å². The van der Waals surface area contributed by atoms with Gasteiger partial charge in [-0.05, 0) is 12.3 Å². The van der Waals surface area contributed by atoms with Gasteiger partial charge in [-0.1, -0.05) is 11.6 Å². The lowest BCUT2D eigenvalue weighted by atomic mass is 10.3. The van der Waals surface area contributed by atoms with Crippen molar-refractivity contribution in [1.29, 1.82) is 0 Å². The van der Waals surface area contributed by atoms with Crippen LogP contribution in [0.5, 0.6) is 0 Å². The summed E-state index contributed by atoms with van der Waals surface area (Å²) in [6.45, 7) is 0.690. The molecule has 1 aromatic heterocycles. The lowest BCUT2D eigenvalue weighted by molar-refractivity contribution is -0.384. The van der Waals surface area contributed by atoms with E-state index in [1.165, 1.54) is 12.1 Å². The van der Waals surface area contributed by atoms with Crippen LogP contribution < -0.4 is 4.90 Å². The number of pyridine rings is 1. The summed E-state index contributed by atoms with van der Waals surface area (Å²) >= 11 is 7.40. The maximum atomic E-state index is 10.8. The summed E-state index contributed by atoms with van der Waals surface area (Å²) in [5.41, 5.74) is -0.0204. The number of nitrogens with zero attached hydrogens (tertiary/aromatic N) is 3. The molecular formula is C9H12ClN3O2S. The summed E-state index contributed by atoms with van der Waals surface area (Å²) in [5, 5.41) is 11.1. The molecule has 0 saturated heterocycles. The van der Waals surface area contributed by atoms with Crippen molar-refractivity contribution < 1.29 is 4.92 Å². The molecule has 88 valence electrons. The van der Waals surface area contributed by atoms with E-state index in [-0.39, 0.29) is 10.8 Å². The zero-order valence-corrected chi connectivity index (χ0v) is 10.6. The first kappa shape index (κ1) is 13.1. The van der Waals surface area contributed by atoms with Crippen molar-refractivity contribution in [1.82, 2.24) is 4.98 Å². The van der Waals surface area contributed by atoms with Crippen LogP contribution in [0.4, 0.5) is 11.5 Å². The first-order valence-corrected chi connectivity index (χ1v) is 6.34. The van der Waals surface area contributed by atoms with Crippen molar-refractivity contribution in [2.24, 2.45) is 0 Å². The van der Waals surface area contributed by atoms with E-state index in [9.17, 15) is 10.1 Å². The molecule has 1 heterocycles. The molecule has 0 N–H and O–H groups in total. The van der Waals surface area contributed by atoms with Crippen LogP contribution in [0.1, 0.15) is 0 Å². The average Bonchev–Trinajstić information content (AvgIpc) is 2.25. The molecule has 0 aliphatic heterocycles. The molecule has 5 nitrogen and oxygen atoms in total. The number of aromatic nitrogens is 1. The molecule has 0 atom stereocenters. The Morgan fingerprint density at radius 3 is 2.88 bits per heavy atom. The monoisotopic (exact) mass is 261 g/mol. The standard InChI is InChI=1S/C9H12ClN3O2S/c1-12(5-6-16-2)9-7(13(14)15)3-4-8(10)11-9/h3-4H,5-6H2,1-2H3. The Balaban J connectivity index is 2.99. The molecule has 16 heavy (non-hydrogen) atoms. The molecular weight excluding hydrogens is 250 g/mol. The Kier molecular flexibility index (Phi) is 4.82. The number of rotatable bonds is 5. The van der Waals surface area contributed by atoms with Crippen LogP contribution in [0.25, 0.3) is 0 Å². The summed E-state index contributed by atoms with van der Waals surface area (Å²) in [7, 11) is 1.77. The maximum absolute atomic E-state index is 10.8. The van der Waals surface area contributed by atoms with Gasteiger partial charge in [0.1, 0.15) is 5.15 Å². The Hall–Kier alpha value is -1.01. The van der Waals surface area contributed by atoms with E-state index in [1.807, 2.05) is 6.26 Å². The van der Waals surface area contributed by atoms with E-state index in [4.69, 9.17) is 11.6 Å². The third kappa shape index (κ3) is 3.24. The van der Waals surface area contributed by atoms with Gasteiger partial charge in [-0.2, -0.15) is 11.8 Å². The highest BCUT2D eigenvalue weighted by atomic mass is 35.5. The van der Waals surface area contributed by atoms with Crippen molar-refractivity contribution in [3.63, 3.8) is 0 Å². The molecule has 7 heteroatoms. The maximum Gasteiger partial charge on any atom is 0.311 e. The van der Waals surface area contributed by atoms with Crippen molar-refractivity contribution in [2.75, 3.05) is 30.5 Å². The zero-order valence-electron chi connectivity index (χ0n) is 9.01. The quantitative estimate of drug-likeness (QED) is 0.463. The molecule has 0 bridgehead atoms. The summed E-state index contributed by atoms with van der Waals surface area (Å²) in [4.78, 5) is 16.1. The third-order valence-electron chi connectivity index (χ3n) is 2.01. The molecule has 1 rings (SSSR count). The van der Waals surface area contributed by atoms with Crippen molar-refractivity contribution >= 4 is 34.9 Å². The second kappa shape index (κ2) is 5.91. The summed E-state index contributed by atoms with van der Waals surface area (Å²) in [5.74, 6) is 1.19. The number of anilines is 1. The highest BCUT2D eigenvalue weighted by Crippen LogP contribution is 2.26. The van der Waals surface area contributed by atoms with Crippen LogP contribution in [0, 0.1) is 10.1 Å². The van der Waals surface area contributed by atoms with Crippen LogP contribution in [0.2, 0.25) is 5.15 Å². The topological polar surface area (TPSA) is 59.3 Å². The largest absolute Gasteiger partial charge is 0.353 e. The molecule has 0 aliphatic rings. The first-order chi connectivity index (χ1) is 7.56. The van der Waals surface area contributed by atoms with Gasteiger partial charge in [-0.25, -0.2) is 4.98 Å². The first-order valence-electron chi connectivity index (χ1n) is 4.57. The highest BCUT2D eigenvalue weighted by Gasteiger charge is 2.18. The van der Waals surface area contributed by atoms with E-state index < -0.39 is 4.92 Å². The predicted octanol–water partition coefficient (Wildman–Crippen LogP) is 2.44. The van der Waals surface area contributed by atoms with Gasteiger partial charge in [0.15, 0.2) is 0 Å². The zero-order chi connectivity index (χ0) is 12.1. The molecule has 0 radical (unpaired) electrons. The van der Waals surface area contributed by atoms with Gasteiger partial charge in [0.25, 0.3) is 0 Å². The average molecular weight is 262 g/mol. The molecule has 1 aromatic rings. The highest BCUT2D eigenvalue weighted by molar-refractivity contribution is 7.98. The van der Waals surface area contributed by atoms with Crippen LogP contribution in [0.3, 0.4) is 0 Å². The number of halogens is 1.